The molecule has 0 fully saturated rings. The highest BCUT2D eigenvalue weighted by atomic mass is 35.5. The van der Waals surface area contributed by atoms with Gasteiger partial charge in [0.25, 0.3) is 0 Å². The summed E-state index contributed by atoms with van der Waals surface area (Å²) in [4.78, 5) is 11.0. The quantitative estimate of drug-likeness (QED) is 0.377. The van der Waals surface area contributed by atoms with Gasteiger partial charge in [0.15, 0.2) is 0 Å². The molecule has 0 saturated heterocycles. The van der Waals surface area contributed by atoms with Crippen LogP contribution in [-0.4, -0.2) is 13.1 Å². The van der Waals surface area contributed by atoms with E-state index in [4.69, 9.17) is 23.1 Å². The van der Waals surface area contributed by atoms with Gasteiger partial charge in [-0.3, -0.25) is 0 Å². The Kier molecular flexibility index (Phi) is 5.27. The molecule has 0 saturated carbocycles. The Labute approximate surface area is 111 Å². The van der Waals surface area contributed by atoms with E-state index in [9.17, 15) is 4.79 Å². The minimum absolute atomic E-state index is 0.00201. The Morgan fingerprint density at radius 1 is 1.28 bits per heavy atom. The maximum atomic E-state index is 11.0. The predicted molar refractivity (Wildman–Crippen MR) is 72.4 cm³/mol. The van der Waals surface area contributed by atoms with Crippen molar-refractivity contribution >= 4 is 23.3 Å². The van der Waals surface area contributed by atoms with Gasteiger partial charge in [0.05, 0.1) is 7.11 Å². The molecule has 1 aromatic carbocycles. The lowest BCUT2D eigenvalue weighted by molar-refractivity contribution is -0.136. The van der Waals surface area contributed by atoms with E-state index in [1.807, 2.05) is 24.3 Å². The van der Waals surface area contributed by atoms with E-state index in [2.05, 4.69) is 4.74 Å². The molecule has 0 radical (unpaired) electrons. The molecule has 0 spiro atoms. The molecule has 0 aliphatic rings. The number of carbonyl (C=O) groups is 1. The maximum absolute atomic E-state index is 11.0. The van der Waals surface area contributed by atoms with Gasteiger partial charge in [-0.1, -0.05) is 24.3 Å². The molecule has 1 rings (SSSR count). The first kappa shape index (κ1) is 14.1. The van der Waals surface area contributed by atoms with E-state index in [-0.39, 0.29) is 5.70 Å². The largest absolute Gasteiger partial charge is 0.464 e. The summed E-state index contributed by atoms with van der Waals surface area (Å²) in [5, 5.41) is 0. The molecule has 0 atom stereocenters. The number of nitrogens with two attached hydrogens (primary N) is 2. The van der Waals surface area contributed by atoms with Gasteiger partial charge < -0.3 is 16.2 Å². The SMILES string of the molecule is COC(=O)/C(N)=C/C=C(\N)c1ccc(CCl)cc1. The van der Waals surface area contributed by atoms with Crippen LogP contribution in [0.3, 0.4) is 0 Å². The van der Waals surface area contributed by atoms with Crippen LogP contribution in [0.1, 0.15) is 11.1 Å². The normalized spacial score (nSPS) is 12.3. The van der Waals surface area contributed by atoms with E-state index >= 15 is 0 Å². The first-order valence-corrected chi connectivity index (χ1v) is 5.78. The van der Waals surface area contributed by atoms with Crippen molar-refractivity contribution in [2.75, 3.05) is 7.11 Å². The van der Waals surface area contributed by atoms with Gasteiger partial charge in [-0.2, -0.15) is 0 Å². The van der Waals surface area contributed by atoms with Crippen LogP contribution in [0.15, 0.2) is 42.1 Å². The van der Waals surface area contributed by atoms with Crippen molar-refractivity contribution in [3.63, 3.8) is 0 Å². The lowest BCUT2D eigenvalue weighted by Gasteiger charge is -2.02. The predicted octanol–water partition coefficient (Wildman–Crippen LogP) is 1.74. The molecule has 0 amide bonds. The van der Waals surface area contributed by atoms with Crippen LogP contribution >= 0.6 is 11.6 Å². The van der Waals surface area contributed by atoms with Crippen LogP contribution in [-0.2, 0) is 15.4 Å². The first-order valence-electron chi connectivity index (χ1n) is 5.25. The van der Waals surface area contributed by atoms with Crippen LogP contribution in [0, 0.1) is 0 Å². The van der Waals surface area contributed by atoms with Crippen molar-refractivity contribution in [3.05, 3.63) is 53.2 Å². The average Bonchev–Trinajstić information content (AvgIpc) is 2.43. The highest BCUT2D eigenvalue weighted by Crippen LogP contribution is 2.12. The average molecular weight is 267 g/mol. The number of ether oxygens (including phenoxy) is 1. The minimum atomic E-state index is -0.587. The van der Waals surface area contributed by atoms with Crippen LogP contribution in [0.4, 0.5) is 0 Å². The van der Waals surface area contributed by atoms with E-state index in [0.717, 1.165) is 11.1 Å². The standard InChI is InChI=1S/C13H15ClN2O2/c1-18-13(17)12(16)7-6-11(15)10-4-2-9(8-14)3-5-10/h2-7H,8,15-16H2,1H3/b11-6-,12-7-. The molecule has 0 unspecified atom stereocenters. The van der Waals surface area contributed by atoms with E-state index in [1.54, 1.807) is 6.08 Å². The number of rotatable bonds is 4. The Hall–Kier alpha value is -1.94. The van der Waals surface area contributed by atoms with E-state index < -0.39 is 5.97 Å². The zero-order valence-corrected chi connectivity index (χ0v) is 10.8. The fourth-order valence-corrected chi connectivity index (χ4v) is 1.43. The second kappa shape index (κ2) is 6.71. The van der Waals surface area contributed by atoms with Crippen molar-refractivity contribution in [2.24, 2.45) is 11.5 Å². The molecule has 4 N–H and O–H groups in total. The Balaban J connectivity index is 2.85. The molecule has 0 aliphatic heterocycles. The first-order chi connectivity index (χ1) is 8.58. The number of methoxy groups -OCH3 is 1. The number of carbonyl (C=O) groups excluding carboxylic acids is 1. The third-order valence-corrected chi connectivity index (χ3v) is 2.61. The van der Waals surface area contributed by atoms with Crippen LogP contribution in [0.25, 0.3) is 5.70 Å². The summed E-state index contributed by atoms with van der Waals surface area (Å²) in [6.45, 7) is 0. The number of allylic oxidation sites excluding steroid dienone is 2. The highest BCUT2D eigenvalue weighted by Gasteiger charge is 2.02. The monoisotopic (exact) mass is 266 g/mol. The number of halogens is 1. The lowest BCUT2D eigenvalue weighted by Crippen LogP contribution is -2.12. The third kappa shape index (κ3) is 3.82. The van der Waals surface area contributed by atoms with Gasteiger partial charge in [0, 0.05) is 11.6 Å². The number of alkyl halides is 1. The van der Waals surface area contributed by atoms with Gasteiger partial charge in [-0.25, -0.2) is 4.79 Å². The molecule has 96 valence electrons. The molecule has 0 bridgehead atoms. The fraction of sp³-hybridized carbons (Fsp3) is 0.154. The van der Waals surface area contributed by atoms with Crippen molar-refractivity contribution in [1.29, 1.82) is 0 Å². The molecule has 0 aromatic heterocycles. The topological polar surface area (TPSA) is 78.3 Å². The van der Waals surface area contributed by atoms with Crippen molar-refractivity contribution in [3.8, 4) is 0 Å². The smallest absolute Gasteiger partial charge is 0.353 e. The number of hydrogen-bond donors (Lipinski definition) is 2. The van der Waals surface area contributed by atoms with Crippen molar-refractivity contribution < 1.29 is 9.53 Å². The number of esters is 1. The summed E-state index contributed by atoms with van der Waals surface area (Å²) in [6.07, 6.45) is 2.97. The summed E-state index contributed by atoms with van der Waals surface area (Å²) in [6, 6.07) is 7.48. The Morgan fingerprint density at radius 2 is 1.89 bits per heavy atom. The molecule has 4 nitrogen and oxygen atoms in total. The fourth-order valence-electron chi connectivity index (χ4n) is 1.25. The van der Waals surface area contributed by atoms with Crippen LogP contribution in [0.5, 0.6) is 0 Å². The zero-order chi connectivity index (χ0) is 13.5. The Bertz CT molecular complexity index is 478. The van der Waals surface area contributed by atoms with Gasteiger partial charge in [-0.05, 0) is 23.3 Å². The maximum Gasteiger partial charge on any atom is 0.353 e. The van der Waals surface area contributed by atoms with Crippen LogP contribution in [0.2, 0.25) is 0 Å². The van der Waals surface area contributed by atoms with Gasteiger partial charge in [0.1, 0.15) is 5.70 Å². The molecule has 5 heteroatoms. The van der Waals surface area contributed by atoms with E-state index in [1.165, 1.54) is 13.2 Å². The van der Waals surface area contributed by atoms with E-state index in [0.29, 0.717) is 11.6 Å². The van der Waals surface area contributed by atoms with Crippen LogP contribution < -0.4 is 11.5 Å². The highest BCUT2D eigenvalue weighted by molar-refractivity contribution is 6.17. The molecule has 1 aromatic rings. The summed E-state index contributed by atoms with van der Waals surface area (Å²) in [5.74, 6) is -0.129. The summed E-state index contributed by atoms with van der Waals surface area (Å²) in [7, 11) is 1.26. The van der Waals surface area contributed by atoms with Gasteiger partial charge in [-0.15, -0.1) is 11.6 Å². The summed E-state index contributed by atoms with van der Waals surface area (Å²) < 4.78 is 4.46. The molecule has 0 heterocycles. The van der Waals surface area contributed by atoms with Crippen molar-refractivity contribution in [1.82, 2.24) is 0 Å². The second-order valence-corrected chi connectivity index (χ2v) is 3.83. The number of benzene rings is 1. The zero-order valence-electron chi connectivity index (χ0n) is 10.0. The van der Waals surface area contributed by atoms with Gasteiger partial charge >= 0.3 is 5.97 Å². The second-order valence-electron chi connectivity index (χ2n) is 3.57. The summed E-state index contributed by atoms with van der Waals surface area (Å²) in [5.41, 5.74) is 13.7. The Morgan fingerprint density at radius 3 is 2.39 bits per heavy atom. The summed E-state index contributed by atoms with van der Waals surface area (Å²) >= 11 is 5.69. The van der Waals surface area contributed by atoms with Crippen molar-refractivity contribution in [2.45, 2.75) is 5.88 Å². The lowest BCUT2D eigenvalue weighted by atomic mass is 10.1. The van der Waals surface area contributed by atoms with Gasteiger partial charge in [0.2, 0.25) is 0 Å². The molecular formula is C13H15ClN2O2. The number of hydrogen-bond acceptors (Lipinski definition) is 4. The third-order valence-electron chi connectivity index (χ3n) is 2.31. The molecule has 0 aliphatic carbocycles. The molecule has 18 heavy (non-hydrogen) atoms. The minimum Gasteiger partial charge on any atom is -0.464 e. The molecular weight excluding hydrogens is 252 g/mol.